The Labute approximate surface area is 80.1 Å². The van der Waals surface area contributed by atoms with Crippen molar-refractivity contribution >= 4 is 28.1 Å². The molecule has 1 aliphatic heterocycles. The van der Waals surface area contributed by atoms with Crippen molar-refractivity contribution in [3.63, 3.8) is 0 Å². The average molecular weight is 227 g/mol. The molecule has 0 aromatic heterocycles. The van der Waals surface area contributed by atoms with Crippen LogP contribution in [0.1, 0.15) is 0 Å². The summed E-state index contributed by atoms with van der Waals surface area (Å²) in [5.74, 6) is 0.565. The summed E-state index contributed by atoms with van der Waals surface area (Å²) in [5, 5.41) is 4.08. The lowest BCUT2D eigenvalue weighted by Gasteiger charge is -2.22. The molecule has 0 fully saturated rings. The summed E-state index contributed by atoms with van der Waals surface area (Å²) in [7, 11) is -4.05. The Morgan fingerprint density at radius 2 is 2.38 bits per heavy atom. The summed E-state index contributed by atoms with van der Waals surface area (Å²) >= 11 is 1.53. The Kier molecular flexibility index (Phi) is 3.22. The smallest absolute Gasteiger partial charge is 0.365 e. The molecular formula is C4H9N3O4S2. The van der Waals surface area contributed by atoms with Crippen LogP contribution in [0.4, 0.5) is 0 Å². The number of guanidine groups is 1. The van der Waals surface area contributed by atoms with E-state index in [-0.39, 0.29) is 5.96 Å². The van der Waals surface area contributed by atoms with Gasteiger partial charge < -0.3 is 5.73 Å². The molecule has 0 atom stereocenters. The molecule has 0 radical (unpaired) electrons. The van der Waals surface area contributed by atoms with Gasteiger partial charge in [-0.15, -0.1) is 4.28 Å². The maximum Gasteiger partial charge on any atom is 0.491 e. The summed E-state index contributed by atoms with van der Waals surface area (Å²) in [6.45, 7) is 0.332. The van der Waals surface area contributed by atoms with Crippen LogP contribution in [0.15, 0.2) is 5.16 Å². The summed E-state index contributed by atoms with van der Waals surface area (Å²) in [6, 6.07) is 0. The zero-order valence-electron chi connectivity index (χ0n) is 6.84. The van der Waals surface area contributed by atoms with Crippen molar-refractivity contribution in [2.75, 3.05) is 18.6 Å². The molecule has 9 heteroatoms. The van der Waals surface area contributed by atoms with Gasteiger partial charge in [0.25, 0.3) is 5.96 Å². The first-order valence-electron chi connectivity index (χ1n) is 3.28. The third-order valence-electron chi connectivity index (χ3n) is 1.16. The second-order valence-corrected chi connectivity index (χ2v) is 4.20. The Balaban J connectivity index is 2.63. The average Bonchev–Trinajstić information content (AvgIpc) is 2.07. The van der Waals surface area contributed by atoms with E-state index in [1.54, 1.807) is 0 Å². The third kappa shape index (κ3) is 2.94. The molecule has 1 rings (SSSR count). The predicted octanol–water partition coefficient (Wildman–Crippen LogP) is -0.912. The molecule has 0 spiro atoms. The van der Waals surface area contributed by atoms with Crippen LogP contribution in [0, 0.1) is 0 Å². The molecule has 0 aromatic carbocycles. The van der Waals surface area contributed by atoms with Crippen molar-refractivity contribution < 1.29 is 17.0 Å². The first kappa shape index (κ1) is 10.4. The van der Waals surface area contributed by atoms with Gasteiger partial charge in [0.15, 0.2) is 0 Å². The molecule has 0 saturated carbocycles. The molecule has 76 valence electrons. The van der Waals surface area contributed by atoms with Crippen molar-refractivity contribution in [3.05, 3.63) is 0 Å². The number of hydrogen-bond acceptors (Lipinski definition) is 8. The van der Waals surface area contributed by atoms with Crippen LogP contribution in [0.3, 0.4) is 0 Å². The van der Waals surface area contributed by atoms with E-state index in [9.17, 15) is 8.42 Å². The topological polar surface area (TPSA) is 94.2 Å². The lowest BCUT2D eigenvalue weighted by atomic mass is 10.7. The lowest BCUT2D eigenvalue weighted by Crippen LogP contribution is -2.43. The molecule has 1 heterocycles. The van der Waals surface area contributed by atoms with Gasteiger partial charge in [0, 0.05) is 5.75 Å². The molecule has 0 aromatic rings. The highest BCUT2D eigenvalue weighted by Gasteiger charge is 2.26. The first-order valence-corrected chi connectivity index (χ1v) is 6.01. The van der Waals surface area contributed by atoms with Gasteiger partial charge in [0.2, 0.25) is 0 Å². The summed E-state index contributed by atoms with van der Waals surface area (Å²) < 4.78 is 29.8. The predicted molar refractivity (Wildman–Crippen MR) is 47.8 cm³/mol. The maximum atomic E-state index is 10.7. The molecule has 1 aliphatic rings. The molecule has 0 unspecified atom stereocenters. The highest BCUT2D eigenvalue weighted by atomic mass is 32.3. The van der Waals surface area contributed by atoms with E-state index in [2.05, 4.69) is 13.7 Å². The van der Waals surface area contributed by atoms with Crippen LogP contribution < -0.4 is 5.73 Å². The van der Waals surface area contributed by atoms with Gasteiger partial charge in [-0.25, -0.2) is 4.28 Å². The molecule has 2 N–H and O–H groups in total. The lowest BCUT2D eigenvalue weighted by molar-refractivity contribution is -0.00815. The van der Waals surface area contributed by atoms with Crippen molar-refractivity contribution in [1.29, 1.82) is 0 Å². The Bertz CT molecular complexity index is 301. The van der Waals surface area contributed by atoms with E-state index in [4.69, 9.17) is 5.73 Å². The van der Waals surface area contributed by atoms with E-state index in [0.717, 1.165) is 5.06 Å². The van der Waals surface area contributed by atoms with E-state index < -0.39 is 10.4 Å². The van der Waals surface area contributed by atoms with Crippen LogP contribution in [0.5, 0.6) is 0 Å². The van der Waals surface area contributed by atoms with E-state index >= 15 is 0 Å². The number of hydroxylamine groups is 2. The van der Waals surface area contributed by atoms with Crippen molar-refractivity contribution in [2.24, 2.45) is 10.9 Å². The first-order chi connectivity index (χ1) is 6.05. The largest absolute Gasteiger partial charge is 0.491 e. The fraction of sp³-hybridized carbons (Fsp3) is 0.750. The fourth-order valence-electron chi connectivity index (χ4n) is 0.617. The Morgan fingerprint density at radius 1 is 1.69 bits per heavy atom. The second-order valence-electron chi connectivity index (χ2n) is 2.10. The number of rotatable bonds is 3. The van der Waals surface area contributed by atoms with Gasteiger partial charge in [0.05, 0.1) is 6.54 Å². The molecule has 0 aliphatic carbocycles. The van der Waals surface area contributed by atoms with Gasteiger partial charge in [-0.05, 0) is 11.4 Å². The maximum absolute atomic E-state index is 10.7. The molecule has 0 amide bonds. The summed E-state index contributed by atoms with van der Waals surface area (Å²) in [6.07, 6.45) is 1.88. The van der Waals surface area contributed by atoms with E-state index in [1.807, 2.05) is 6.26 Å². The van der Waals surface area contributed by atoms with Crippen LogP contribution >= 0.6 is 11.8 Å². The third-order valence-corrected chi connectivity index (χ3v) is 2.37. The Morgan fingerprint density at radius 3 is 3.00 bits per heavy atom. The van der Waals surface area contributed by atoms with Crippen LogP contribution in [0.2, 0.25) is 0 Å². The van der Waals surface area contributed by atoms with E-state index in [0.29, 0.717) is 12.3 Å². The highest BCUT2D eigenvalue weighted by molar-refractivity contribution is 7.98. The SMILES string of the molecule is CSCCN1OS(=O)(=O)ON=C1N. The zero-order chi connectivity index (χ0) is 9.90. The number of nitrogens with zero attached hydrogens (tertiary/aromatic N) is 2. The van der Waals surface area contributed by atoms with E-state index in [1.165, 1.54) is 11.8 Å². The summed E-state index contributed by atoms with van der Waals surface area (Å²) in [4.78, 5) is 0. The quantitative estimate of drug-likeness (QED) is 0.666. The number of hydrogen-bond donors (Lipinski definition) is 1. The van der Waals surface area contributed by atoms with Crippen LogP contribution in [-0.4, -0.2) is 38.0 Å². The summed E-state index contributed by atoms with van der Waals surface area (Å²) in [5.41, 5.74) is 5.29. The second kappa shape index (κ2) is 4.03. The number of thioether (sulfide) groups is 1. The van der Waals surface area contributed by atoms with Crippen molar-refractivity contribution in [3.8, 4) is 0 Å². The monoisotopic (exact) mass is 227 g/mol. The van der Waals surface area contributed by atoms with Gasteiger partial charge in [-0.3, -0.25) is 0 Å². The van der Waals surface area contributed by atoms with Crippen molar-refractivity contribution in [2.45, 2.75) is 0 Å². The van der Waals surface area contributed by atoms with Gasteiger partial charge >= 0.3 is 10.4 Å². The van der Waals surface area contributed by atoms with Crippen LogP contribution in [-0.2, 0) is 19.0 Å². The number of oxime groups is 1. The Hall–Kier alpha value is -0.670. The molecule has 0 saturated heterocycles. The normalized spacial score (nSPS) is 20.7. The zero-order valence-corrected chi connectivity index (χ0v) is 8.47. The minimum Gasteiger partial charge on any atom is -0.365 e. The molecule has 7 nitrogen and oxygen atoms in total. The fourth-order valence-corrected chi connectivity index (χ4v) is 1.53. The van der Waals surface area contributed by atoms with Gasteiger partial charge in [0.1, 0.15) is 0 Å². The molecular weight excluding hydrogens is 218 g/mol. The van der Waals surface area contributed by atoms with Crippen molar-refractivity contribution in [1.82, 2.24) is 5.06 Å². The minimum atomic E-state index is -4.05. The standard InChI is InChI=1S/C4H9N3O4S2/c1-12-3-2-7-4(5)6-10-13(8,9)11-7/h2-3H2,1H3,(H2,5,6). The molecule has 13 heavy (non-hydrogen) atoms. The number of nitrogens with two attached hydrogens (primary N) is 1. The minimum absolute atomic E-state index is 0.108. The van der Waals surface area contributed by atoms with Gasteiger partial charge in [-0.2, -0.15) is 25.2 Å². The highest BCUT2D eigenvalue weighted by Crippen LogP contribution is 2.08. The van der Waals surface area contributed by atoms with Gasteiger partial charge in [-0.1, -0.05) is 0 Å². The van der Waals surface area contributed by atoms with Crippen LogP contribution in [0.25, 0.3) is 0 Å². The molecule has 0 bridgehead atoms.